The molecule has 0 radical (unpaired) electrons. The van der Waals surface area contributed by atoms with Gasteiger partial charge in [0.25, 0.3) is 11.8 Å². The van der Waals surface area contributed by atoms with Gasteiger partial charge in [0.15, 0.2) is 23.0 Å². The Morgan fingerprint density at radius 1 is 0.622 bits per heavy atom. The van der Waals surface area contributed by atoms with Crippen LogP contribution in [0.4, 0.5) is 11.4 Å². The van der Waals surface area contributed by atoms with Crippen molar-refractivity contribution >= 4 is 45.0 Å². The van der Waals surface area contributed by atoms with Gasteiger partial charge in [-0.2, -0.15) is 0 Å². The van der Waals surface area contributed by atoms with Crippen molar-refractivity contribution in [3.05, 3.63) is 70.8 Å². The second kappa shape index (κ2) is 12.6. The quantitative estimate of drug-likeness (QED) is 0.163. The second-order valence-corrected chi connectivity index (χ2v) is 10.2. The fourth-order valence-corrected chi connectivity index (χ4v) is 5.44. The molecule has 0 saturated heterocycles. The number of rotatable bonds is 10. The van der Waals surface area contributed by atoms with Crippen LogP contribution in [0.15, 0.2) is 48.5 Å². The predicted octanol–water partition coefficient (Wildman–Crippen LogP) is 6.49. The molecule has 0 aliphatic carbocycles. The van der Waals surface area contributed by atoms with Crippen molar-refractivity contribution in [3.8, 4) is 34.5 Å². The molecule has 0 aliphatic heterocycles. The van der Waals surface area contributed by atoms with E-state index in [1.807, 2.05) is 38.1 Å². The number of methoxy groups -OCH3 is 6. The highest BCUT2D eigenvalue weighted by molar-refractivity contribution is 6.15. The molecule has 0 spiro atoms. The second-order valence-electron chi connectivity index (χ2n) is 10.2. The molecule has 234 valence electrons. The molecule has 3 N–H and O–H groups in total. The molecule has 11 nitrogen and oxygen atoms in total. The summed E-state index contributed by atoms with van der Waals surface area (Å²) >= 11 is 0. The van der Waals surface area contributed by atoms with Crippen LogP contribution in [0.1, 0.15) is 31.8 Å². The molecule has 11 heteroatoms. The highest BCUT2D eigenvalue weighted by Crippen LogP contribution is 2.40. The average Bonchev–Trinajstić information content (AvgIpc) is 3.45. The van der Waals surface area contributed by atoms with Crippen molar-refractivity contribution in [1.29, 1.82) is 0 Å². The van der Waals surface area contributed by atoms with E-state index < -0.39 is 0 Å². The molecule has 0 unspecified atom stereocenters. The number of aromatic nitrogens is 1. The van der Waals surface area contributed by atoms with Gasteiger partial charge >= 0.3 is 0 Å². The van der Waals surface area contributed by atoms with Crippen molar-refractivity contribution in [2.24, 2.45) is 0 Å². The van der Waals surface area contributed by atoms with E-state index in [0.717, 1.165) is 32.9 Å². The highest BCUT2D eigenvalue weighted by atomic mass is 16.5. The minimum absolute atomic E-state index is 0.339. The van der Waals surface area contributed by atoms with Crippen molar-refractivity contribution in [2.45, 2.75) is 13.8 Å². The number of nitrogens with one attached hydrogen (secondary N) is 3. The third kappa shape index (κ3) is 5.60. The Morgan fingerprint density at radius 2 is 1.11 bits per heavy atom. The van der Waals surface area contributed by atoms with Crippen LogP contribution in [-0.4, -0.2) is 59.5 Å². The van der Waals surface area contributed by atoms with Gasteiger partial charge in [-0.1, -0.05) is 0 Å². The average molecular weight is 614 g/mol. The summed E-state index contributed by atoms with van der Waals surface area (Å²) in [5.41, 5.74) is 5.53. The summed E-state index contributed by atoms with van der Waals surface area (Å²) in [7, 11) is 9.00. The lowest BCUT2D eigenvalue weighted by molar-refractivity contribution is 0.101. The maximum absolute atomic E-state index is 13.4. The molecule has 0 aliphatic rings. The number of H-pyrrole nitrogens is 1. The highest BCUT2D eigenvalue weighted by Gasteiger charge is 2.21. The third-order valence-electron chi connectivity index (χ3n) is 7.69. The molecule has 0 atom stereocenters. The zero-order chi connectivity index (χ0) is 32.4. The van der Waals surface area contributed by atoms with Crippen LogP contribution in [0.25, 0.3) is 21.8 Å². The van der Waals surface area contributed by atoms with Crippen LogP contribution < -0.4 is 39.1 Å². The van der Waals surface area contributed by atoms with E-state index in [1.54, 1.807) is 24.3 Å². The summed E-state index contributed by atoms with van der Waals surface area (Å²) < 4.78 is 32.4. The van der Waals surface area contributed by atoms with E-state index in [4.69, 9.17) is 28.4 Å². The lowest BCUT2D eigenvalue weighted by atomic mass is 10.0. The van der Waals surface area contributed by atoms with Crippen molar-refractivity contribution in [2.75, 3.05) is 53.3 Å². The summed E-state index contributed by atoms with van der Waals surface area (Å²) in [5.74, 6) is 1.62. The van der Waals surface area contributed by atoms with Crippen LogP contribution in [0.3, 0.4) is 0 Å². The summed E-state index contributed by atoms with van der Waals surface area (Å²) in [6.45, 7) is 3.92. The topological polar surface area (TPSA) is 129 Å². The van der Waals surface area contributed by atoms with E-state index in [2.05, 4.69) is 15.6 Å². The lowest BCUT2D eigenvalue weighted by Gasteiger charge is -2.15. The van der Waals surface area contributed by atoms with E-state index in [0.29, 0.717) is 57.0 Å². The number of ether oxygens (including phenoxy) is 6. The van der Waals surface area contributed by atoms with Gasteiger partial charge in [0.2, 0.25) is 11.5 Å². The van der Waals surface area contributed by atoms with Crippen LogP contribution in [0.2, 0.25) is 0 Å². The van der Waals surface area contributed by atoms with Gasteiger partial charge in [-0.05, 0) is 73.5 Å². The maximum Gasteiger partial charge on any atom is 0.255 e. The Bertz CT molecular complexity index is 1900. The summed E-state index contributed by atoms with van der Waals surface area (Å²) in [4.78, 5) is 30.2. The number of benzene rings is 4. The molecule has 1 heterocycles. The van der Waals surface area contributed by atoms with Gasteiger partial charge in [0.1, 0.15) is 0 Å². The molecule has 0 bridgehead atoms. The molecule has 5 rings (SSSR count). The molecule has 2 amide bonds. The van der Waals surface area contributed by atoms with Gasteiger partial charge in [-0.25, -0.2) is 0 Å². The predicted molar refractivity (Wildman–Crippen MR) is 173 cm³/mol. The molecule has 45 heavy (non-hydrogen) atoms. The number of aryl methyl sites for hydroxylation is 2. The number of anilines is 2. The van der Waals surface area contributed by atoms with Crippen LogP contribution in [0, 0.1) is 13.8 Å². The maximum atomic E-state index is 13.4. The number of amides is 2. The van der Waals surface area contributed by atoms with Crippen LogP contribution >= 0.6 is 0 Å². The molecule has 0 saturated carbocycles. The minimum atomic E-state index is -0.348. The van der Waals surface area contributed by atoms with E-state index in [-0.39, 0.29) is 11.8 Å². The van der Waals surface area contributed by atoms with E-state index in [9.17, 15) is 9.59 Å². The number of hydrogen-bond donors (Lipinski definition) is 3. The number of carbonyl (C=O) groups excluding carboxylic acids is 2. The molecular weight excluding hydrogens is 578 g/mol. The van der Waals surface area contributed by atoms with Gasteiger partial charge in [-0.3, -0.25) is 9.59 Å². The number of aromatic amines is 1. The molecule has 4 aromatic carbocycles. The first-order valence-corrected chi connectivity index (χ1v) is 14.0. The van der Waals surface area contributed by atoms with Gasteiger partial charge in [-0.15, -0.1) is 0 Å². The number of carbonyl (C=O) groups is 2. The summed E-state index contributed by atoms with van der Waals surface area (Å²) in [6.07, 6.45) is 0. The van der Waals surface area contributed by atoms with Gasteiger partial charge in [0.05, 0.1) is 42.7 Å². The smallest absolute Gasteiger partial charge is 0.255 e. The first-order valence-electron chi connectivity index (χ1n) is 14.0. The fourth-order valence-electron chi connectivity index (χ4n) is 5.44. The SMILES string of the molecule is COc1cc(C(=O)Nc2ccc3[nH]c4c(C)cc(NC(=O)c5cc(OC)c(OC)c(OC)c5)c(C)c4c3c2)cc(OC)c1OC. The lowest BCUT2D eigenvalue weighted by Crippen LogP contribution is -2.14. The fraction of sp³-hybridized carbons (Fsp3) is 0.235. The van der Waals surface area contributed by atoms with Gasteiger partial charge in [0, 0.05) is 44.3 Å². The first kappa shape index (κ1) is 30.9. The largest absolute Gasteiger partial charge is 0.493 e. The van der Waals surface area contributed by atoms with Crippen molar-refractivity contribution in [1.82, 2.24) is 4.98 Å². The zero-order valence-corrected chi connectivity index (χ0v) is 26.4. The monoisotopic (exact) mass is 613 g/mol. The third-order valence-corrected chi connectivity index (χ3v) is 7.69. The first-order chi connectivity index (χ1) is 21.7. The normalized spacial score (nSPS) is 10.8. The zero-order valence-electron chi connectivity index (χ0n) is 26.4. The van der Waals surface area contributed by atoms with Crippen molar-refractivity contribution < 1.29 is 38.0 Å². The Kier molecular flexibility index (Phi) is 8.62. The Morgan fingerprint density at radius 3 is 1.58 bits per heavy atom. The van der Waals surface area contributed by atoms with E-state index >= 15 is 0 Å². The standard InChI is InChI=1S/C34H35N3O8/c1-17-11-24(37-34(39)20-14-27(42-5)32(45-8)28(15-20)43-6)18(2)29-22-16-21(9-10-23(22)36-30(17)29)35-33(38)19-12-25(40-3)31(44-7)26(13-19)41-4/h9-16,36H,1-8H3,(H,35,38)(H,37,39). The van der Waals surface area contributed by atoms with Crippen molar-refractivity contribution in [3.63, 3.8) is 0 Å². The number of fused-ring (bicyclic) bond motifs is 3. The summed E-state index contributed by atoms with van der Waals surface area (Å²) in [6, 6.07) is 14.0. The Balaban J connectivity index is 1.51. The van der Waals surface area contributed by atoms with Crippen LogP contribution in [-0.2, 0) is 0 Å². The van der Waals surface area contributed by atoms with Gasteiger partial charge < -0.3 is 44.0 Å². The molecule has 5 aromatic rings. The molecule has 1 aromatic heterocycles. The molecular formula is C34H35N3O8. The molecule has 0 fully saturated rings. The minimum Gasteiger partial charge on any atom is -0.493 e. The number of hydrogen-bond acceptors (Lipinski definition) is 8. The summed E-state index contributed by atoms with van der Waals surface area (Å²) in [5, 5.41) is 7.83. The Labute approximate surface area is 260 Å². The Hall–Kier alpha value is -5.58. The van der Waals surface area contributed by atoms with Crippen LogP contribution in [0.5, 0.6) is 34.5 Å². The van der Waals surface area contributed by atoms with E-state index in [1.165, 1.54) is 42.7 Å².